The fraction of sp³-hybridized carbons (Fsp3) is 0.270. The highest BCUT2D eigenvalue weighted by molar-refractivity contribution is 6.10. The molecule has 0 spiro atoms. The maximum absolute atomic E-state index is 12.5. The van der Waals surface area contributed by atoms with E-state index in [0.717, 1.165) is 110 Å². The summed E-state index contributed by atoms with van der Waals surface area (Å²) in [5, 5.41) is 66.4. The number of ketones is 5. The molecule has 0 unspecified atom stereocenters. The number of nitrogens with one attached hydrogen (secondary N) is 5. The first-order valence-electron chi connectivity index (χ1n) is 44.2. The molecule has 131 heavy (non-hydrogen) atoms. The number of aromatic hydroxyl groups is 5. The van der Waals surface area contributed by atoms with Crippen molar-refractivity contribution < 1.29 is 73.2 Å². The second kappa shape index (κ2) is 53.9. The lowest BCUT2D eigenvalue weighted by atomic mass is 9.81. The third kappa shape index (κ3) is 32.3. The van der Waals surface area contributed by atoms with Crippen LogP contribution < -0.4 is 50.3 Å². The van der Waals surface area contributed by atoms with Crippen molar-refractivity contribution >= 4 is 87.7 Å². The lowest BCUT2D eigenvalue weighted by molar-refractivity contribution is 0.103. The summed E-state index contributed by atoms with van der Waals surface area (Å²) in [4.78, 5) is 62.1. The maximum Gasteiger partial charge on any atom is 0.185 e. The van der Waals surface area contributed by atoms with E-state index < -0.39 is 5.41 Å². The van der Waals surface area contributed by atoms with Crippen molar-refractivity contribution in [3.63, 3.8) is 0 Å². The molecule has 0 aliphatic carbocycles. The highest BCUT2D eigenvalue weighted by Gasteiger charge is 2.26. The van der Waals surface area contributed by atoms with Crippen molar-refractivity contribution in [2.75, 3.05) is 94.9 Å². The summed E-state index contributed by atoms with van der Waals surface area (Å²) in [5.41, 5.74) is 15.1. The fourth-order valence-corrected chi connectivity index (χ4v) is 13.1. The average molecular weight is 1780 g/mol. The molecule has 10 rings (SSSR count). The lowest BCUT2D eigenvalue weighted by Crippen LogP contribution is -2.16. The Bertz CT molecular complexity index is 5620. The smallest absolute Gasteiger partial charge is 0.185 e. The van der Waals surface area contributed by atoms with Gasteiger partial charge in [-0.3, -0.25) is 24.0 Å². The van der Waals surface area contributed by atoms with Crippen LogP contribution in [0.1, 0.15) is 210 Å². The van der Waals surface area contributed by atoms with E-state index in [2.05, 4.69) is 67.4 Å². The molecule has 0 aliphatic rings. The van der Waals surface area contributed by atoms with Crippen molar-refractivity contribution in [3.8, 4) is 57.5 Å². The van der Waals surface area contributed by atoms with Gasteiger partial charge in [0.1, 0.15) is 57.5 Å². The van der Waals surface area contributed by atoms with Gasteiger partial charge in [-0.1, -0.05) is 79.2 Å². The van der Waals surface area contributed by atoms with Crippen molar-refractivity contribution in [2.24, 2.45) is 0 Å². The second-order valence-electron chi connectivity index (χ2n) is 31.3. The minimum absolute atomic E-state index is 0.0702. The van der Waals surface area contributed by atoms with Gasteiger partial charge in [0, 0.05) is 166 Å². The summed E-state index contributed by atoms with van der Waals surface area (Å²) in [6, 6.07) is 53.9. The summed E-state index contributed by atoms with van der Waals surface area (Å²) in [7, 11) is 9.18. The van der Waals surface area contributed by atoms with E-state index in [9.17, 15) is 49.5 Å². The molecule has 10 aromatic carbocycles. The minimum atomic E-state index is -0.412. The third-order valence-corrected chi connectivity index (χ3v) is 21.2. The first-order valence-corrected chi connectivity index (χ1v) is 44.2. The number of hydrogen-bond acceptors (Lipinski definition) is 20. The zero-order valence-corrected chi connectivity index (χ0v) is 78.9. The first kappa shape index (κ1) is 105. The second-order valence-corrected chi connectivity index (χ2v) is 31.3. The minimum Gasteiger partial charge on any atom is -0.508 e. The molecule has 0 saturated carbocycles. The molecule has 0 aliphatic heterocycles. The quantitative estimate of drug-likeness (QED) is 0.00968. The maximum atomic E-state index is 12.5. The van der Waals surface area contributed by atoms with Crippen LogP contribution in [-0.4, -0.2) is 123 Å². The van der Waals surface area contributed by atoms with Gasteiger partial charge >= 0.3 is 0 Å². The number of allylic oxidation sites excluding steroid dienone is 9. The standard InChI is InChI=1S/C23H29NO3.C23H27NO3.C22H27NO3.C22H25NO3.C21H23NO3/c2*1-6-23(3,4)19-14-17(22(27-7-2)15-21(19)26)10-13-20(25)16-8-11-18(24-5)12-9-16;1-4-6-17-14-18(22(15-21(17)25)26-13-5-2)9-12-20(24)16-7-10-19(23-3)11-8-16;1-4-6-7-17-14-18(22(26-5-2)15-21(17)25)10-13-20(24)16-8-11-19(23-3)12-9-16;1-4-6-16-13-17(21(25-5-2)14-20(16)24)9-12-19(23)15-7-10-18(22-3)11-8-15/h8-15,24,26H,6-7H2,1-5H3;6,8-15,24,26H,1,7H2,2-5H3;7-12,14-15,23,25H,4-6,13H2,1-3H3;4,6,8-15,23,25H,5,7H2,1-3H3;4,7-14,22,24H,1,5-6H2,2-3H3. The van der Waals surface area contributed by atoms with Gasteiger partial charge in [0.25, 0.3) is 0 Å². The van der Waals surface area contributed by atoms with Crippen LogP contribution in [-0.2, 0) is 30.1 Å². The Kier molecular flexibility index (Phi) is 43.3. The Morgan fingerprint density at radius 3 is 0.878 bits per heavy atom. The SMILES string of the molecule is C=CC(C)(C)c1cc(C=CC(=O)c2ccc(NC)cc2)c(OCC)cc1O.C=CCc1cc(C=CC(=O)c2ccc(NC)cc2)c(OCC)cc1O.CC=CCc1cc(C=CC(=O)c2ccc(NC)cc2)c(OCC)cc1O.CCCOc1cc(O)c(CCC)cc1C=CC(=O)c1ccc(NC)cc1.CCOc1cc(O)c(C(C)(C)CC)cc1C=CC(=O)c1ccc(NC)cc1. The number of rotatable bonds is 41. The number of ether oxygens (including phenoxy) is 5. The predicted octanol–water partition coefficient (Wildman–Crippen LogP) is 25.0. The molecular formula is C111H131N5O15. The summed E-state index contributed by atoms with van der Waals surface area (Å²) in [6.45, 7) is 33.7. The zero-order valence-electron chi connectivity index (χ0n) is 78.9. The Hall–Kier alpha value is -14.5. The van der Waals surface area contributed by atoms with Crippen LogP contribution in [0, 0.1) is 0 Å². The molecule has 0 bridgehead atoms. The van der Waals surface area contributed by atoms with Gasteiger partial charge in [0.05, 0.1) is 33.0 Å². The average Bonchev–Trinajstić information content (AvgIpc) is 0.777. The number of aryl methyl sites for hydroxylation is 1. The molecule has 690 valence electrons. The van der Waals surface area contributed by atoms with E-state index in [1.165, 1.54) is 18.2 Å². The Morgan fingerprint density at radius 1 is 0.344 bits per heavy atom. The summed E-state index contributed by atoms with van der Waals surface area (Å²) < 4.78 is 28.2. The van der Waals surface area contributed by atoms with Crippen LogP contribution >= 0.6 is 0 Å². The van der Waals surface area contributed by atoms with Gasteiger partial charge in [-0.2, -0.15) is 0 Å². The molecule has 0 fully saturated rings. The molecule has 0 radical (unpaired) electrons. The van der Waals surface area contributed by atoms with E-state index in [1.807, 2.05) is 194 Å². The van der Waals surface area contributed by atoms with Gasteiger partial charge in [0.2, 0.25) is 0 Å². The number of hydrogen-bond donors (Lipinski definition) is 10. The molecule has 0 aromatic heterocycles. The molecule has 0 amide bonds. The molecule has 0 heterocycles. The summed E-state index contributed by atoms with van der Waals surface area (Å²) >= 11 is 0. The van der Waals surface area contributed by atoms with Gasteiger partial charge in [-0.25, -0.2) is 0 Å². The molecule has 10 aromatic rings. The van der Waals surface area contributed by atoms with Crippen LogP contribution in [0.25, 0.3) is 30.4 Å². The van der Waals surface area contributed by atoms with Gasteiger partial charge in [-0.05, 0) is 301 Å². The lowest BCUT2D eigenvalue weighted by Gasteiger charge is -2.25. The first-order chi connectivity index (χ1) is 62.9. The Morgan fingerprint density at radius 2 is 0.611 bits per heavy atom. The van der Waals surface area contributed by atoms with E-state index >= 15 is 0 Å². The highest BCUT2D eigenvalue weighted by atomic mass is 16.5. The van der Waals surface area contributed by atoms with E-state index in [1.54, 1.807) is 146 Å². The van der Waals surface area contributed by atoms with E-state index in [4.69, 9.17) is 23.7 Å². The van der Waals surface area contributed by atoms with E-state index in [0.29, 0.717) is 102 Å². The molecule has 20 heteroatoms. The van der Waals surface area contributed by atoms with Crippen LogP contribution in [0.5, 0.6) is 57.5 Å². The van der Waals surface area contributed by atoms with E-state index in [-0.39, 0.29) is 63.1 Å². The van der Waals surface area contributed by atoms with Crippen LogP contribution in [0.4, 0.5) is 28.4 Å². The molecule has 0 atom stereocenters. The van der Waals surface area contributed by atoms with Crippen molar-refractivity contribution in [1.82, 2.24) is 0 Å². The normalized spacial score (nSPS) is 11.2. The largest absolute Gasteiger partial charge is 0.508 e. The van der Waals surface area contributed by atoms with Crippen LogP contribution in [0.2, 0.25) is 0 Å². The van der Waals surface area contributed by atoms with Crippen molar-refractivity contribution in [1.29, 1.82) is 0 Å². The summed E-state index contributed by atoms with van der Waals surface area (Å²) in [6.07, 6.45) is 28.4. The number of anilines is 5. The number of benzene rings is 10. The van der Waals surface area contributed by atoms with Crippen LogP contribution in [0.3, 0.4) is 0 Å². The molecule has 20 nitrogen and oxygen atoms in total. The topological polar surface area (TPSA) is 293 Å². The molecule has 10 N–H and O–H groups in total. The third-order valence-electron chi connectivity index (χ3n) is 21.2. The monoisotopic (exact) mass is 1770 g/mol. The van der Waals surface area contributed by atoms with Gasteiger partial charge in [-0.15, -0.1) is 13.2 Å². The number of carbonyl (C=O) groups is 5. The van der Waals surface area contributed by atoms with Gasteiger partial charge < -0.3 is 75.8 Å². The predicted molar refractivity (Wildman–Crippen MR) is 541 cm³/mol. The van der Waals surface area contributed by atoms with Crippen LogP contribution in [0.15, 0.2) is 250 Å². The highest BCUT2D eigenvalue weighted by Crippen LogP contribution is 2.41. The Labute approximate surface area is 774 Å². The molecular weight excluding hydrogens is 1640 g/mol. The number of carbonyl (C=O) groups excluding carboxylic acids is 5. The molecule has 0 saturated heterocycles. The summed E-state index contributed by atoms with van der Waals surface area (Å²) in [5.74, 6) is 3.34. The fourth-order valence-electron chi connectivity index (χ4n) is 13.1. The number of phenolic OH excluding ortho intramolecular Hbond substituents is 5. The Balaban J connectivity index is 0.000000252. The van der Waals surface area contributed by atoms with Crippen molar-refractivity contribution in [2.45, 2.75) is 132 Å². The van der Waals surface area contributed by atoms with Gasteiger partial charge in [0.15, 0.2) is 28.9 Å². The zero-order chi connectivity index (χ0) is 96.2. The number of phenols is 5. The van der Waals surface area contributed by atoms with Crippen molar-refractivity contribution in [3.05, 3.63) is 333 Å².